The highest BCUT2D eigenvalue weighted by atomic mass is 16.5. The van der Waals surface area contributed by atoms with Crippen molar-refractivity contribution in [2.75, 3.05) is 19.5 Å². The number of methoxy groups -OCH3 is 2. The smallest absolute Gasteiger partial charge is 0.230 e. The summed E-state index contributed by atoms with van der Waals surface area (Å²) in [7, 11) is 3.11. The van der Waals surface area contributed by atoms with E-state index >= 15 is 0 Å². The molecule has 3 aromatic rings. The van der Waals surface area contributed by atoms with Gasteiger partial charge in [0.05, 0.1) is 26.3 Å². The SMILES string of the molecule is COc1ccc(NC(=O)Cc2nc(-c3ccc(C)cc3)oc2C)cc1OC. The van der Waals surface area contributed by atoms with E-state index in [4.69, 9.17) is 13.9 Å². The molecule has 0 spiro atoms. The molecule has 1 amide bonds. The number of benzene rings is 2. The molecule has 2 aromatic carbocycles. The summed E-state index contributed by atoms with van der Waals surface area (Å²) < 4.78 is 16.2. The Hall–Kier alpha value is -3.28. The number of aromatic nitrogens is 1. The second-order valence-corrected chi connectivity index (χ2v) is 6.18. The summed E-state index contributed by atoms with van der Waals surface area (Å²) in [5.74, 6) is 2.11. The van der Waals surface area contributed by atoms with Crippen LogP contribution in [0.5, 0.6) is 11.5 Å². The monoisotopic (exact) mass is 366 g/mol. The molecule has 1 heterocycles. The van der Waals surface area contributed by atoms with Crippen molar-refractivity contribution in [2.45, 2.75) is 20.3 Å². The maximum atomic E-state index is 12.4. The highest BCUT2D eigenvalue weighted by molar-refractivity contribution is 5.92. The number of rotatable bonds is 6. The highest BCUT2D eigenvalue weighted by Gasteiger charge is 2.15. The average Bonchev–Trinajstić information content (AvgIpc) is 3.02. The lowest BCUT2D eigenvalue weighted by molar-refractivity contribution is -0.115. The van der Waals surface area contributed by atoms with Gasteiger partial charge >= 0.3 is 0 Å². The molecule has 0 saturated carbocycles. The molecule has 0 atom stereocenters. The van der Waals surface area contributed by atoms with E-state index in [2.05, 4.69) is 10.3 Å². The molecular weight excluding hydrogens is 344 g/mol. The summed E-state index contributed by atoms with van der Waals surface area (Å²) in [5, 5.41) is 2.84. The van der Waals surface area contributed by atoms with Crippen LogP contribution >= 0.6 is 0 Å². The van der Waals surface area contributed by atoms with Crippen molar-refractivity contribution in [1.29, 1.82) is 0 Å². The molecule has 0 saturated heterocycles. The van der Waals surface area contributed by atoms with Crippen LogP contribution in [0, 0.1) is 13.8 Å². The van der Waals surface area contributed by atoms with Crippen LogP contribution in [-0.4, -0.2) is 25.1 Å². The van der Waals surface area contributed by atoms with Gasteiger partial charge in [-0.3, -0.25) is 4.79 Å². The van der Waals surface area contributed by atoms with Gasteiger partial charge in [0.2, 0.25) is 11.8 Å². The largest absolute Gasteiger partial charge is 0.493 e. The highest BCUT2D eigenvalue weighted by Crippen LogP contribution is 2.30. The zero-order chi connectivity index (χ0) is 19.4. The third-order valence-corrected chi connectivity index (χ3v) is 4.19. The minimum Gasteiger partial charge on any atom is -0.493 e. The lowest BCUT2D eigenvalue weighted by Gasteiger charge is -2.10. The standard InChI is InChI=1S/C21H22N2O4/c1-13-5-7-15(8-6-13)21-23-17(14(2)27-21)12-20(24)22-16-9-10-18(25-3)19(11-16)26-4/h5-11H,12H2,1-4H3,(H,22,24). The Bertz CT molecular complexity index is 945. The maximum Gasteiger partial charge on any atom is 0.230 e. The number of ether oxygens (including phenoxy) is 2. The van der Waals surface area contributed by atoms with Crippen molar-refractivity contribution in [1.82, 2.24) is 4.98 Å². The number of oxazole rings is 1. The Balaban J connectivity index is 1.72. The summed E-state index contributed by atoms with van der Waals surface area (Å²) in [6.45, 7) is 3.83. The molecule has 0 aliphatic carbocycles. The van der Waals surface area contributed by atoms with Gasteiger partial charge in [0.1, 0.15) is 5.76 Å². The third kappa shape index (κ3) is 4.28. The van der Waals surface area contributed by atoms with Gasteiger partial charge in [0, 0.05) is 17.3 Å². The Morgan fingerprint density at radius 3 is 2.41 bits per heavy atom. The Morgan fingerprint density at radius 1 is 1.04 bits per heavy atom. The van der Waals surface area contributed by atoms with E-state index in [1.165, 1.54) is 0 Å². The summed E-state index contributed by atoms with van der Waals surface area (Å²) in [6.07, 6.45) is 0.121. The van der Waals surface area contributed by atoms with Gasteiger partial charge in [-0.15, -0.1) is 0 Å². The van der Waals surface area contributed by atoms with Crippen molar-refractivity contribution in [3.8, 4) is 23.0 Å². The zero-order valence-electron chi connectivity index (χ0n) is 15.8. The van der Waals surface area contributed by atoms with Gasteiger partial charge in [-0.2, -0.15) is 0 Å². The number of aryl methyl sites for hydroxylation is 2. The number of hydrogen-bond acceptors (Lipinski definition) is 5. The van der Waals surface area contributed by atoms with Crippen LogP contribution in [-0.2, 0) is 11.2 Å². The molecule has 1 N–H and O–H groups in total. The van der Waals surface area contributed by atoms with Crippen molar-refractivity contribution in [3.05, 3.63) is 59.5 Å². The number of nitrogens with one attached hydrogen (secondary N) is 1. The molecule has 0 fully saturated rings. The molecule has 0 radical (unpaired) electrons. The molecule has 0 aliphatic heterocycles. The van der Waals surface area contributed by atoms with E-state index < -0.39 is 0 Å². The molecule has 27 heavy (non-hydrogen) atoms. The van der Waals surface area contributed by atoms with E-state index in [-0.39, 0.29) is 12.3 Å². The summed E-state index contributed by atoms with van der Waals surface area (Å²) >= 11 is 0. The molecule has 6 heteroatoms. The second-order valence-electron chi connectivity index (χ2n) is 6.18. The summed E-state index contributed by atoms with van der Waals surface area (Å²) in [5.41, 5.74) is 3.29. The van der Waals surface area contributed by atoms with Crippen LogP contribution in [0.1, 0.15) is 17.0 Å². The van der Waals surface area contributed by atoms with Gasteiger partial charge in [-0.1, -0.05) is 17.7 Å². The van der Waals surface area contributed by atoms with E-state index in [0.29, 0.717) is 34.5 Å². The van der Waals surface area contributed by atoms with Crippen molar-refractivity contribution < 1.29 is 18.7 Å². The topological polar surface area (TPSA) is 73.6 Å². The van der Waals surface area contributed by atoms with Gasteiger partial charge < -0.3 is 19.2 Å². The Kier molecular flexibility index (Phi) is 5.45. The molecular formula is C21H22N2O4. The fourth-order valence-electron chi connectivity index (χ4n) is 2.68. The summed E-state index contributed by atoms with van der Waals surface area (Å²) in [4.78, 5) is 16.9. The predicted molar refractivity (Wildman–Crippen MR) is 103 cm³/mol. The molecule has 0 aliphatic rings. The van der Waals surface area contributed by atoms with Gasteiger partial charge in [0.15, 0.2) is 11.5 Å². The van der Waals surface area contributed by atoms with Crippen LogP contribution in [0.2, 0.25) is 0 Å². The minimum atomic E-state index is -0.186. The van der Waals surface area contributed by atoms with Gasteiger partial charge in [-0.25, -0.2) is 4.98 Å². The predicted octanol–water partition coefficient (Wildman–Crippen LogP) is 4.16. The number of anilines is 1. The molecule has 0 bridgehead atoms. The quantitative estimate of drug-likeness (QED) is 0.709. The molecule has 3 rings (SSSR count). The van der Waals surface area contributed by atoms with Gasteiger partial charge in [-0.05, 0) is 38.1 Å². The summed E-state index contributed by atoms with van der Waals surface area (Å²) in [6, 6.07) is 13.1. The van der Waals surface area contributed by atoms with Crippen LogP contribution in [0.25, 0.3) is 11.5 Å². The fraction of sp³-hybridized carbons (Fsp3) is 0.238. The van der Waals surface area contributed by atoms with Crippen LogP contribution in [0.3, 0.4) is 0 Å². The average molecular weight is 366 g/mol. The first-order valence-corrected chi connectivity index (χ1v) is 8.55. The fourth-order valence-corrected chi connectivity index (χ4v) is 2.68. The minimum absolute atomic E-state index is 0.121. The molecule has 140 valence electrons. The molecule has 0 unspecified atom stereocenters. The number of amides is 1. The van der Waals surface area contributed by atoms with Crippen LogP contribution in [0.4, 0.5) is 5.69 Å². The number of carbonyl (C=O) groups is 1. The second kappa shape index (κ2) is 7.95. The van der Waals surface area contributed by atoms with Crippen molar-refractivity contribution in [3.63, 3.8) is 0 Å². The zero-order valence-corrected chi connectivity index (χ0v) is 15.8. The first kappa shape index (κ1) is 18.5. The van der Waals surface area contributed by atoms with E-state index in [0.717, 1.165) is 11.1 Å². The van der Waals surface area contributed by atoms with Crippen molar-refractivity contribution >= 4 is 11.6 Å². The van der Waals surface area contributed by atoms with E-state index in [1.807, 2.05) is 38.1 Å². The van der Waals surface area contributed by atoms with Crippen molar-refractivity contribution in [2.24, 2.45) is 0 Å². The van der Waals surface area contributed by atoms with E-state index in [1.54, 1.807) is 32.4 Å². The first-order valence-electron chi connectivity index (χ1n) is 8.55. The van der Waals surface area contributed by atoms with Crippen LogP contribution < -0.4 is 14.8 Å². The Morgan fingerprint density at radius 2 is 1.74 bits per heavy atom. The van der Waals surface area contributed by atoms with Gasteiger partial charge in [0.25, 0.3) is 0 Å². The van der Waals surface area contributed by atoms with E-state index in [9.17, 15) is 4.79 Å². The first-order chi connectivity index (χ1) is 13.0. The number of hydrogen-bond donors (Lipinski definition) is 1. The Labute approximate surface area is 158 Å². The normalized spacial score (nSPS) is 10.5. The third-order valence-electron chi connectivity index (χ3n) is 4.19. The lowest BCUT2D eigenvalue weighted by atomic mass is 10.1. The lowest BCUT2D eigenvalue weighted by Crippen LogP contribution is -2.15. The van der Waals surface area contributed by atoms with Crippen LogP contribution in [0.15, 0.2) is 46.9 Å². The maximum absolute atomic E-state index is 12.4. The number of nitrogens with zero attached hydrogens (tertiary/aromatic N) is 1. The molecule has 6 nitrogen and oxygen atoms in total. The molecule has 1 aromatic heterocycles. The number of carbonyl (C=O) groups excluding carboxylic acids is 1.